The van der Waals surface area contributed by atoms with Gasteiger partial charge in [0.1, 0.15) is 11.4 Å². The van der Waals surface area contributed by atoms with Crippen LogP contribution < -0.4 is 22.1 Å². The topological polar surface area (TPSA) is 236 Å². The highest BCUT2D eigenvalue weighted by Crippen LogP contribution is 2.24. The number of aryl methyl sites for hydroxylation is 3. The van der Waals surface area contributed by atoms with Gasteiger partial charge in [-0.2, -0.15) is 10.2 Å². The number of nitrogens with zero attached hydrogens (tertiary/aromatic N) is 8. The fourth-order valence-corrected chi connectivity index (χ4v) is 5.78. The van der Waals surface area contributed by atoms with Crippen molar-refractivity contribution in [2.45, 2.75) is 47.0 Å². The number of hydrogen-bond acceptors (Lipinski definition) is 9. The first-order chi connectivity index (χ1) is 24.5. The Morgan fingerprint density at radius 2 is 1.18 bits per heavy atom. The summed E-state index contributed by atoms with van der Waals surface area (Å²) in [6.45, 7) is 6.37. The molecular formula is C34H36N12O5. The number of imidazole rings is 2. The zero-order valence-electron chi connectivity index (χ0n) is 28.1. The van der Waals surface area contributed by atoms with Gasteiger partial charge in [-0.25, -0.2) is 9.97 Å². The minimum atomic E-state index is -0.618. The molecule has 0 aliphatic heterocycles. The van der Waals surface area contributed by atoms with Crippen LogP contribution in [0.3, 0.4) is 0 Å². The van der Waals surface area contributed by atoms with Crippen LogP contribution in [0.5, 0.6) is 0 Å². The second-order valence-electron chi connectivity index (χ2n) is 11.7. The maximum absolute atomic E-state index is 13.4. The number of carbonyl (C=O) groups is 4. The molecule has 4 aromatic heterocycles. The van der Waals surface area contributed by atoms with Crippen LogP contribution >= 0.6 is 0 Å². The second kappa shape index (κ2) is 14.1. The van der Waals surface area contributed by atoms with E-state index in [-0.39, 0.29) is 55.0 Å². The number of fused-ring (bicyclic) bond motifs is 2. The van der Waals surface area contributed by atoms with Gasteiger partial charge in [0.05, 0.1) is 46.6 Å². The van der Waals surface area contributed by atoms with Gasteiger partial charge in [0.25, 0.3) is 11.8 Å². The largest absolute Gasteiger partial charge is 0.394 e. The number of hydrogen-bond donors (Lipinski definition) is 5. The van der Waals surface area contributed by atoms with Crippen molar-refractivity contribution >= 4 is 57.6 Å². The van der Waals surface area contributed by atoms with Crippen molar-refractivity contribution in [3.8, 4) is 0 Å². The maximum atomic E-state index is 13.4. The maximum Gasteiger partial charge on any atom is 0.276 e. The van der Waals surface area contributed by atoms with Gasteiger partial charge in [-0.15, -0.1) is 0 Å². The van der Waals surface area contributed by atoms with Gasteiger partial charge >= 0.3 is 0 Å². The molecule has 0 atom stereocenters. The van der Waals surface area contributed by atoms with Gasteiger partial charge in [-0.3, -0.25) is 39.2 Å². The molecule has 0 saturated carbocycles. The minimum absolute atomic E-state index is 0.134. The van der Waals surface area contributed by atoms with Crippen LogP contribution in [0.2, 0.25) is 0 Å². The van der Waals surface area contributed by atoms with Crippen LogP contribution in [-0.2, 0) is 26.2 Å². The van der Waals surface area contributed by atoms with E-state index in [1.54, 1.807) is 76.2 Å². The molecule has 0 fully saturated rings. The molecule has 0 aliphatic carbocycles. The lowest BCUT2D eigenvalue weighted by atomic mass is 10.2. The monoisotopic (exact) mass is 692 g/mol. The molecule has 0 bridgehead atoms. The minimum Gasteiger partial charge on any atom is -0.394 e. The molecule has 17 heteroatoms. The van der Waals surface area contributed by atoms with E-state index in [2.05, 4.69) is 30.8 Å². The molecule has 6 aromatic rings. The van der Waals surface area contributed by atoms with Crippen LogP contribution in [0.1, 0.15) is 60.0 Å². The fourth-order valence-electron chi connectivity index (χ4n) is 5.78. The van der Waals surface area contributed by atoms with Gasteiger partial charge in [-0.1, -0.05) is 12.2 Å². The van der Waals surface area contributed by atoms with E-state index >= 15 is 0 Å². The number of nitrogens with two attached hydrogens (primary N) is 2. The second-order valence-corrected chi connectivity index (χ2v) is 11.7. The van der Waals surface area contributed by atoms with E-state index in [1.165, 1.54) is 4.68 Å². The van der Waals surface area contributed by atoms with Crippen LogP contribution in [0.25, 0.3) is 22.1 Å². The van der Waals surface area contributed by atoms with E-state index in [9.17, 15) is 24.3 Å². The molecular weight excluding hydrogens is 656 g/mol. The summed E-state index contributed by atoms with van der Waals surface area (Å²) in [7, 11) is 0. The van der Waals surface area contributed by atoms with Crippen molar-refractivity contribution in [3.63, 3.8) is 0 Å². The van der Waals surface area contributed by atoms with Gasteiger partial charge < -0.3 is 25.7 Å². The molecule has 262 valence electrons. The standard InChI is InChI=1S/C34H36N12O5/c1-4-45-27(15-19(2)41-45)31(50)39-33-37-23-17-21(29(35)48)7-9-25(23)43(33)11-5-6-12-44-26-10-8-22(30(36)49)18-24(26)38-34(44)40-32(51)28-16-20(3)42-46(28)13-14-47/h5-10,15-18,47H,4,11-14H2,1-3H3,(H2,35,48)(H2,36,49)(H,37,39,50)(H,38,40,51)/b6-5+. The molecule has 7 N–H and O–H groups in total. The predicted octanol–water partition coefficient (Wildman–Crippen LogP) is 2.37. The highest BCUT2D eigenvalue weighted by molar-refractivity contribution is 6.04. The summed E-state index contributed by atoms with van der Waals surface area (Å²) in [5.74, 6) is -1.65. The molecule has 0 radical (unpaired) electrons. The summed E-state index contributed by atoms with van der Waals surface area (Å²) in [5, 5.41) is 23.8. The highest BCUT2D eigenvalue weighted by atomic mass is 16.3. The number of benzene rings is 2. The van der Waals surface area contributed by atoms with Crippen molar-refractivity contribution in [2.24, 2.45) is 11.5 Å². The van der Waals surface area contributed by atoms with Crippen molar-refractivity contribution in [3.05, 3.63) is 94.6 Å². The SMILES string of the molecule is CCn1nc(C)cc1C(=O)Nc1nc2cc(C(N)=O)ccc2n1C/C=C/Cn1c(NC(=O)c2cc(C)nn2CCO)nc2cc(C(N)=O)ccc21. The Balaban J connectivity index is 1.31. The molecule has 2 aromatic carbocycles. The Labute approximate surface area is 290 Å². The lowest BCUT2D eigenvalue weighted by Gasteiger charge is -2.10. The average Bonchev–Trinajstić information content (AvgIpc) is 3.85. The lowest BCUT2D eigenvalue weighted by Crippen LogP contribution is -2.21. The summed E-state index contributed by atoms with van der Waals surface area (Å²) in [5.41, 5.74) is 15.6. The normalized spacial score (nSPS) is 11.5. The summed E-state index contributed by atoms with van der Waals surface area (Å²) in [6.07, 6.45) is 3.71. The van der Waals surface area contributed by atoms with E-state index in [4.69, 9.17) is 11.5 Å². The third-order valence-corrected chi connectivity index (χ3v) is 8.14. The van der Waals surface area contributed by atoms with E-state index < -0.39 is 23.6 Å². The van der Waals surface area contributed by atoms with Gasteiger partial charge in [0.15, 0.2) is 0 Å². The van der Waals surface area contributed by atoms with Crippen LogP contribution in [-0.4, -0.2) is 74.0 Å². The summed E-state index contributed by atoms with van der Waals surface area (Å²) in [4.78, 5) is 59.7. The van der Waals surface area contributed by atoms with Gasteiger partial charge in [0.2, 0.25) is 23.7 Å². The number of aliphatic hydroxyl groups is 1. The molecule has 4 heterocycles. The Morgan fingerprint density at radius 3 is 1.61 bits per heavy atom. The molecule has 0 aliphatic rings. The molecule has 4 amide bonds. The van der Waals surface area contributed by atoms with E-state index in [1.807, 2.05) is 19.1 Å². The first-order valence-corrected chi connectivity index (χ1v) is 16.0. The lowest BCUT2D eigenvalue weighted by molar-refractivity contribution is 0.0992. The molecule has 17 nitrogen and oxygen atoms in total. The zero-order chi connectivity index (χ0) is 36.4. The van der Waals surface area contributed by atoms with Crippen molar-refractivity contribution in [1.82, 2.24) is 38.7 Å². The number of aliphatic hydroxyl groups excluding tert-OH is 1. The molecule has 0 saturated heterocycles. The number of amides is 4. The Hall–Kier alpha value is -6.62. The molecule has 6 rings (SSSR count). The molecule has 0 spiro atoms. The smallest absolute Gasteiger partial charge is 0.276 e. The van der Waals surface area contributed by atoms with Crippen LogP contribution in [0.15, 0.2) is 60.7 Å². The number of rotatable bonds is 13. The fraction of sp³-hybridized carbons (Fsp3) is 0.235. The average molecular weight is 693 g/mol. The number of carbonyl (C=O) groups excluding carboxylic acids is 4. The Morgan fingerprint density at radius 1 is 0.725 bits per heavy atom. The Kier molecular flexibility index (Phi) is 9.46. The van der Waals surface area contributed by atoms with Crippen LogP contribution in [0, 0.1) is 13.8 Å². The third kappa shape index (κ3) is 6.95. The summed E-state index contributed by atoms with van der Waals surface area (Å²) in [6, 6.07) is 13.0. The third-order valence-electron chi connectivity index (χ3n) is 8.14. The summed E-state index contributed by atoms with van der Waals surface area (Å²) < 4.78 is 6.56. The van der Waals surface area contributed by atoms with Crippen molar-refractivity contribution < 1.29 is 24.3 Å². The predicted molar refractivity (Wildman–Crippen MR) is 188 cm³/mol. The number of anilines is 2. The number of aromatic nitrogens is 8. The van der Waals surface area contributed by atoms with E-state index in [0.29, 0.717) is 45.7 Å². The van der Waals surface area contributed by atoms with Gasteiger partial charge in [0, 0.05) is 30.8 Å². The van der Waals surface area contributed by atoms with E-state index in [0.717, 1.165) is 0 Å². The Bertz CT molecular complexity index is 2360. The first kappa shape index (κ1) is 34.3. The molecule has 0 unspecified atom stereocenters. The molecule has 51 heavy (non-hydrogen) atoms. The van der Waals surface area contributed by atoms with Crippen molar-refractivity contribution in [2.75, 3.05) is 17.2 Å². The number of primary amides is 2. The number of nitrogens with one attached hydrogen (secondary N) is 2. The van der Waals surface area contributed by atoms with Gasteiger partial charge in [-0.05, 0) is 69.3 Å². The highest BCUT2D eigenvalue weighted by Gasteiger charge is 2.20. The van der Waals surface area contributed by atoms with Crippen molar-refractivity contribution in [1.29, 1.82) is 0 Å². The first-order valence-electron chi connectivity index (χ1n) is 16.0. The quantitative estimate of drug-likeness (QED) is 0.112. The zero-order valence-corrected chi connectivity index (χ0v) is 28.1. The van der Waals surface area contributed by atoms with Crippen LogP contribution in [0.4, 0.5) is 11.9 Å². The summed E-state index contributed by atoms with van der Waals surface area (Å²) >= 11 is 0. The number of allylic oxidation sites excluding steroid dienone is 2.